The molecule has 0 aliphatic heterocycles. The quantitative estimate of drug-likeness (QED) is 0.756. The molecule has 2 aromatic rings. The summed E-state index contributed by atoms with van der Waals surface area (Å²) in [6.07, 6.45) is 0. The molecule has 1 heterocycles. The molecule has 2 rings (SSSR count). The maximum atomic E-state index is 5.88. The number of benzene rings is 1. The Hall–Kier alpha value is -0.990. The van der Waals surface area contributed by atoms with Gasteiger partial charge in [0.25, 0.3) is 0 Å². The zero-order valence-corrected chi connectivity index (χ0v) is 9.01. The molecule has 0 fully saturated rings. The van der Waals surface area contributed by atoms with Gasteiger partial charge < -0.3 is 9.32 Å². The van der Waals surface area contributed by atoms with Gasteiger partial charge in [0.15, 0.2) is 0 Å². The molecule has 0 aliphatic rings. The summed E-state index contributed by atoms with van der Waals surface area (Å²) in [5.41, 5.74) is 0.895. The van der Waals surface area contributed by atoms with Crippen molar-refractivity contribution in [3.8, 4) is 0 Å². The third kappa shape index (κ3) is 1.91. The molecule has 3 heteroatoms. The van der Waals surface area contributed by atoms with Gasteiger partial charge in [0.2, 0.25) is 0 Å². The fourth-order valence-electron chi connectivity index (χ4n) is 1.46. The molecular formula is C11H12ClNO. The van der Waals surface area contributed by atoms with Crippen LogP contribution in [0.4, 0.5) is 0 Å². The zero-order valence-electron chi connectivity index (χ0n) is 8.25. The molecule has 0 amide bonds. The van der Waals surface area contributed by atoms with E-state index in [9.17, 15) is 0 Å². The largest absolute Gasteiger partial charge is 0.460 e. The van der Waals surface area contributed by atoms with E-state index in [1.807, 2.05) is 38.4 Å². The Bertz CT molecular complexity index is 447. The molecule has 0 saturated carbocycles. The van der Waals surface area contributed by atoms with Crippen LogP contribution < -0.4 is 0 Å². The number of hydrogen-bond donors (Lipinski definition) is 0. The molecule has 74 valence electrons. The molecule has 0 spiro atoms. The summed E-state index contributed by atoms with van der Waals surface area (Å²) < 4.78 is 5.63. The predicted octanol–water partition coefficient (Wildman–Crippen LogP) is 3.15. The first-order valence-corrected chi connectivity index (χ1v) is 4.85. The van der Waals surface area contributed by atoms with Crippen molar-refractivity contribution in [1.29, 1.82) is 0 Å². The second-order valence-electron chi connectivity index (χ2n) is 3.63. The van der Waals surface area contributed by atoms with Gasteiger partial charge in [-0.25, -0.2) is 0 Å². The Morgan fingerprint density at radius 3 is 2.79 bits per heavy atom. The van der Waals surface area contributed by atoms with Crippen LogP contribution in [0.2, 0.25) is 5.02 Å². The standard InChI is InChI=1S/C11H12ClNO/c1-13(2)7-10-6-8-5-9(12)3-4-11(8)14-10/h3-6H,7H2,1-2H3. The van der Waals surface area contributed by atoms with Crippen LogP contribution in [0.15, 0.2) is 28.7 Å². The monoisotopic (exact) mass is 209 g/mol. The third-order valence-corrected chi connectivity index (χ3v) is 2.24. The van der Waals surface area contributed by atoms with Crippen molar-refractivity contribution in [3.63, 3.8) is 0 Å². The maximum Gasteiger partial charge on any atom is 0.134 e. The lowest BCUT2D eigenvalue weighted by Gasteiger charge is -2.04. The number of hydrogen-bond acceptors (Lipinski definition) is 2. The van der Waals surface area contributed by atoms with Gasteiger partial charge in [-0.2, -0.15) is 0 Å². The number of nitrogens with zero attached hydrogens (tertiary/aromatic N) is 1. The molecule has 1 aromatic carbocycles. The first-order valence-electron chi connectivity index (χ1n) is 4.48. The van der Waals surface area contributed by atoms with Gasteiger partial charge in [0.1, 0.15) is 11.3 Å². The molecule has 0 radical (unpaired) electrons. The average Bonchev–Trinajstić information content (AvgIpc) is 2.44. The van der Waals surface area contributed by atoms with E-state index in [-0.39, 0.29) is 0 Å². The van der Waals surface area contributed by atoms with Crippen LogP contribution in [0, 0.1) is 0 Å². The highest BCUT2D eigenvalue weighted by atomic mass is 35.5. The first kappa shape index (κ1) is 9.56. The van der Waals surface area contributed by atoms with E-state index in [0.717, 1.165) is 28.3 Å². The number of rotatable bonds is 2. The van der Waals surface area contributed by atoms with Crippen LogP contribution in [0.5, 0.6) is 0 Å². The van der Waals surface area contributed by atoms with Crippen LogP contribution in [0.1, 0.15) is 5.76 Å². The average molecular weight is 210 g/mol. The minimum Gasteiger partial charge on any atom is -0.460 e. The van der Waals surface area contributed by atoms with Gasteiger partial charge in [0, 0.05) is 10.4 Å². The SMILES string of the molecule is CN(C)Cc1cc2cc(Cl)ccc2o1. The summed E-state index contributed by atoms with van der Waals surface area (Å²) >= 11 is 5.88. The fourth-order valence-corrected chi connectivity index (χ4v) is 1.64. The van der Waals surface area contributed by atoms with Crippen molar-refractivity contribution in [3.05, 3.63) is 35.0 Å². The van der Waals surface area contributed by atoms with Crippen LogP contribution in [0.3, 0.4) is 0 Å². The number of halogens is 1. The van der Waals surface area contributed by atoms with Crippen molar-refractivity contribution in [1.82, 2.24) is 4.90 Å². The molecule has 0 N–H and O–H groups in total. The van der Waals surface area contributed by atoms with Gasteiger partial charge in [-0.05, 0) is 38.4 Å². The minimum atomic E-state index is 0.745. The van der Waals surface area contributed by atoms with Crippen molar-refractivity contribution in [2.45, 2.75) is 6.54 Å². The smallest absolute Gasteiger partial charge is 0.134 e. The Kier molecular flexibility index (Phi) is 2.48. The van der Waals surface area contributed by atoms with Crippen molar-refractivity contribution in [2.24, 2.45) is 0 Å². The number of fused-ring (bicyclic) bond motifs is 1. The van der Waals surface area contributed by atoms with E-state index in [1.54, 1.807) is 0 Å². The zero-order chi connectivity index (χ0) is 10.1. The second kappa shape index (κ2) is 3.64. The lowest BCUT2D eigenvalue weighted by molar-refractivity contribution is 0.358. The van der Waals surface area contributed by atoms with Gasteiger partial charge in [-0.1, -0.05) is 11.6 Å². The van der Waals surface area contributed by atoms with E-state index >= 15 is 0 Å². The highest BCUT2D eigenvalue weighted by Gasteiger charge is 2.04. The summed E-state index contributed by atoms with van der Waals surface area (Å²) in [7, 11) is 4.03. The van der Waals surface area contributed by atoms with E-state index < -0.39 is 0 Å². The number of furan rings is 1. The summed E-state index contributed by atoms with van der Waals surface area (Å²) in [6.45, 7) is 0.812. The summed E-state index contributed by atoms with van der Waals surface area (Å²) in [6, 6.07) is 7.68. The minimum absolute atomic E-state index is 0.745. The Balaban J connectivity index is 2.41. The van der Waals surface area contributed by atoms with Gasteiger partial charge in [-0.15, -0.1) is 0 Å². The molecule has 0 aliphatic carbocycles. The molecule has 0 atom stereocenters. The molecule has 0 unspecified atom stereocenters. The van der Waals surface area contributed by atoms with Crippen molar-refractivity contribution < 1.29 is 4.42 Å². The van der Waals surface area contributed by atoms with E-state index in [2.05, 4.69) is 4.90 Å². The van der Waals surface area contributed by atoms with Crippen LogP contribution >= 0.6 is 11.6 Å². The Morgan fingerprint density at radius 2 is 2.07 bits per heavy atom. The Labute approximate surface area is 88.1 Å². The summed E-state index contributed by atoms with van der Waals surface area (Å²) in [4.78, 5) is 2.07. The second-order valence-corrected chi connectivity index (χ2v) is 4.07. The molecule has 2 nitrogen and oxygen atoms in total. The summed E-state index contributed by atoms with van der Waals surface area (Å²) in [5, 5.41) is 1.81. The third-order valence-electron chi connectivity index (χ3n) is 2.00. The van der Waals surface area contributed by atoms with Crippen LogP contribution in [0.25, 0.3) is 11.0 Å². The van der Waals surface area contributed by atoms with E-state index in [1.165, 1.54) is 0 Å². The first-order chi connectivity index (χ1) is 6.65. The predicted molar refractivity (Wildman–Crippen MR) is 58.6 cm³/mol. The maximum absolute atomic E-state index is 5.88. The van der Waals surface area contributed by atoms with E-state index in [0.29, 0.717) is 0 Å². The summed E-state index contributed by atoms with van der Waals surface area (Å²) in [5.74, 6) is 0.965. The van der Waals surface area contributed by atoms with Gasteiger partial charge in [0.05, 0.1) is 6.54 Å². The van der Waals surface area contributed by atoms with Crippen molar-refractivity contribution in [2.75, 3.05) is 14.1 Å². The topological polar surface area (TPSA) is 16.4 Å². The van der Waals surface area contributed by atoms with Crippen LogP contribution in [-0.4, -0.2) is 19.0 Å². The highest BCUT2D eigenvalue weighted by Crippen LogP contribution is 2.23. The highest BCUT2D eigenvalue weighted by molar-refractivity contribution is 6.31. The van der Waals surface area contributed by atoms with E-state index in [4.69, 9.17) is 16.0 Å². The fraction of sp³-hybridized carbons (Fsp3) is 0.273. The van der Waals surface area contributed by atoms with Crippen molar-refractivity contribution >= 4 is 22.6 Å². The molecule has 14 heavy (non-hydrogen) atoms. The lowest BCUT2D eigenvalue weighted by atomic mass is 10.2. The molecule has 1 aromatic heterocycles. The van der Waals surface area contributed by atoms with Gasteiger partial charge >= 0.3 is 0 Å². The van der Waals surface area contributed by atoms with Crippen LogP contribution in [-0.2, 0) is 6.54 Å². The lowest BCUT2D eigenvalue weighted by Crippen LogP contribution is -2.09. The normalized spacial score (nSPS) is 11.4. The molecular weight excluding hydrogens is 198 g/mol. The molecule has 0 saturated heterocycles. The van der Waals surface area contributed by atoms with Gasteiger partial charge in [-0.3, -0.25) is 0 Å². The Morgan fingerprint density at radius 1 is 1.29 bits per heavy atom. The molecule has 0 bridgehead atoms.